The maximum absolute atomic E-state index is 11.9. The zero-order valence-electron chi connectivity index (χ0n) is 8.60. The highest BCUT2D eigenvalue weighted by Gasteiger charge is 2.41. The first-order valence-corrected chi connectivity index (χ1v) is 4.61. The summed E-state index contributed by atoms with van der Waals surface area (Å²) < 4.78 is 39.8. The number of hydrogen-bond acceptors (Lipinski definition) is 5. The maximum Gasteiger partial charge on any atom is 0.491 e. The van der Waals surface area contributed by atoms with E-state index in [2.05, 4.69) is 14.7 Å². The van der Waals surface area contributed by atoms with Gasteiger partial charge in [-0.05, 0) is 12.1 Å². The van der Waals surface area contributed by atoms with Crippen LogP contribution >= 0.6 is 0 Å². The van der Waals surface area contributed by atoms with Crippen LogP contribution in [0, 0.1) is 0 Å². The van der Waals surface area contributed by atoms with Gasteiger partial charge >= 0.3 is 18.2 Å². The first-order valence-electron chi connectivity index (χ1n) is 4.61. The van der Waals surface area contributed by atoms with Crippen molar-refractivity contribution < 1.29 is 27.8 Å². The van der Waals surface area contributed by atoms with Gasteiger partial charge in [-0.3, -0.25) is 0 Å². The monoisotopic (exact) mass is 258 g/mol. The standard InChI is InChI=1S/C10H5F3N2O3/c11-10(12,13)8(17)18-9-14-4-5-1-2-6(16)3-7(5)15-9/h1-4,16H. The number of carbonyl (C=O) groups excluding carboxylic acids is 1. The lowest BCUT2D eigenvalue weighted by Gasteiger charge is -2.05. The molecular weight excluding hydrogens is 253 g/mol. The van der Waals surface area contributed by atoms with Crippen molar-refractivity contribution in [3.63, 3.8) is 0 Å². The molecule has 0 fully saturated rings. The lowest BCUT2D eigenvalue weighted by molar-refractivity contribution is -0.190. The third-order valence-corrected chi connectivity index (χ3v) is 1.96. The largest absolute Gasteiger partial charge is 0.508 e. The number of fused-ring (bicyclic) bond motifs is 1. The van der Waals surface area contributed by atoms with Crippen molar-refractivity contribution in [3.8, 4) is 11.8 Å². The number of nitrogens with zero attached hydrogens (tertiary/aromatic N) is 2. The Hall–Kier alpha value is -2.38. The molecule has 1 heterocycles. The number of rotatable bonds is 1. The predicted molar refractivity (Wildman–Crippen MR) is 52.9 cm³/mol. The number of carbonyl (C=O) groups is 1. The highest BCUT2D eigenvalue weighted by Crippen LogP contribution is 2.21. The van der Waals surface area contributed by atoms with Gasteiger partial charge in [0.2, 0.25) is 0 Å². The lowest BCUT2D eigenvalue weighted by Crippen LogP contribution is -2.28. The topological polar surface area (TPSA) is 72.3 Å². The van der Waals surface area contributed by atoms with Gasteiger partial charge in [0, 0.05) is 17.6 Å². The molecule has 2 rings (SSSR count). The van der Waals surface area contributed by atoms with Gasteiger partial charge in [0.25, 0.3) is 0 Å². The van der Waals surface area contributed by atoms with Gasteiger partial charge in [-0.15, -0.1) is 0 Å². The van der Waals surface area contributed by atoms with Crippen molar-refractivity contribution in [1.29, 1.82) is 0 Å². The van der Waals surface area contributed by atoms with E-state index in [1.807, 2.05) is 0 Å². The van der Waals surface area contributed by atoms with E-state index >= 15 is 0 Å². The summed E-state index contributed by atoms with van der Waals surface area (Å²) in [5.41, 5.74) is 0.162. The van der Waals surface area contributed by atoms with Crippen molar-refractivity contribution in [2.45, 2.75) is 6.18 Å². The van der Waals surface area contributed by atoms with Crippen LogP contribution in [0.5, 0.6) is 11.8 Å². The molecule has 0 amide bonds. The molecule has 0 aliphatic heterocycles. The highest BCUT2D eigenvalue weighted by atomic mass is 19.4. The predicted octanol–water partition coefficient (Wildman–Crippen LogP) is 1.80. The lowest BCUT2D eigenvalue weighted by atomic mass is 10.2. The second kappa shape index (κ2) is 4.13. The molecule has 5 nitrogen and oxygen atoms in total. The molecule has 0 saturated carbocycles. The summed E-state index contributed by atoms with van der Waals surface area (Å²) in [6.45, 7) is 0. The summed E-state index contributed by atoms with van der Waals surface area (Å²) in [5.74, 6) is -2.52. The van der Waals surface area contributed by atoms with Crippen LogP contribution in [0.1, 0.15) is 0 Å². The number of aromatic hydroxyl groups is 1. The number of hydrogen-bond donors (Lipinski definition) is 1. The van der Waals surface area contributed by atoms with Gasteiger partial charge in [-0.1, -0.05) is 0 Å². The van der Waals surface area contributed by atoms with Gasteiger partial charge in [-0.2, -0.15) is 18.2 Å². The number of benzene rings is 1. The summed E-state index contributed by atoms with van der Waals surface area (Å²) in [6.07, 6.45) is -3.93. The Morgan fingerprint density at radius 2 is 2.06 bits per heavy atom. The van der Waals surface area contributed by atoms with Crippen LogP contribution in [0.4, 0.5) is 13.2 Å². The Balaban J connectivity index is 2.33. The fraction of sp³-hybridized carbons (Fsp3) is 0.100. The molecule has 0 atom stereocenters. The molecule has 1 aromatic heterocycles. The van der Waals surface area contributed by atoms with Crippen molar-refractivity contribution in [2.24, 2.45) is 0 Å². The Bertz CT molecular complexity index is 613. The number of halogens is 3. The average molecular weight is 258 g/mol. The van der Waals surface area contributed by atoms with Gasteiger partial charge < -0.3 is 9.84 Å². The minimum Gasteiger partial charge on any atom is -0.508 e. The van der Waals surface area contributed by atoms with Crippen LogP contribution in [-0.4, -0.2) is 27.2 Å². The maximum atomic E-state index is 11.9. The van der Waals surface area contributed by atoms with Gasteiger partial charge in [0.05, 0.1) is 5.52 Å². The van der Waals surface area contributed by atoms with Gasteiger partial charge in [0.15, 0.2) is 0 Å². The molecule has 8 heteroatoms. The first kappa shape index (κ1) is 12.1. The van der Waals surface area contributed by atoms with E-state index in [1.165, 1.54) is 24.4 Å². The molecule has 2 aromatic rings. The first-order chi connectivity index (χ1) is 8.36. The zero-order valence-corrected chi connectivity index (χ0v) is 8.60. The SMILES string of the molecule is O=C(Oc1ncc2ccc(O)cc2n1)C(F)(F)F. The normalized spacial score (nSPS) is 11.5. The van der Waals surface area contributed by atoms with E-state index in [4.69, 9.17) is 0 Å². The fourth-order valence-corrected chi connectivity index (χ4v) is 1.18. The Morgan fingerprint density at radius 3 is 2.72 bits per heavy atom. The van der Waals surface area contributed by atoms with Crippen LogP contribution in [0.15, 0.2) is 24.4 Å². The summed E-state index contributed by atoms with van der Waals surface area (Å²) in [4.78, 5) is 17.6. The summed E-state index contributed by atoms with van der Waals surface area (Å²) >= 11 is 0. The smallest absolute Gasteiger partial charge is 0.491 e. The van der Waals surface area contributed by atoms with Crippen molar-refractivity contribution in [3.05, 3.63) is 24.4 Å². The number of phenolic OH excluding ortho intramolecular Hbond substituents is 1. The molecule has 1 N–H and O–H groups in total. The molecule has 0 spiro atoms. The molecule has 0 radical (unpaired) electrons. The van der Waals surface area contributed by atoms with Crippen LogP contribution in [0.25, 0.3) is 10.9 Å². The number of aromatic nitrogens is 2. The van der Waals surface area contributed by atoms with E-state index in [0.29, 0.717) is 5.39 Å². The Kier molecular flexibility index (Phi) is 2.77. The molecule has 0 aliphatic rings. The van der Waals surface area contributed by atoms with Crippen LogP contribution in [-0.2, 0) is 4.79 Å². The molecule has 1 aromatic carbocycles. The zero-order chi connectivity index (χ0) is 13.3. The van der Waals surface area contributed by atoms with Crippen molar-refractivity contribution in [2.75, 3.05) is 0 Å². The second-order valence-electron chi connectivity index (χ2n) is 3.28. The molecule has 0 unspecified atom stereocenters. The molecule has 18 heavy (non-hydrogen) atoms. The highest BCUT2D eigenvalue weighted by molar-refractivity contribution is 5.81. The second-order valence-corrected chi connectivity index (χ2v) is 3.28. The van der Waals surface area contributed by atoms with E-state index in [1.54, 1.807) is 0 Å². The van der Waals surface area contributed by atoms with Crippen LogP contribution in [0.3, 0.4) is 0 Å². The summed E-state index contributed by atoms with van der Waals surface area (Å²) in [5, 5.41) is 9.67. The fourth-order valence-electron chi connectivity index (χ4n) is 1.18. The number of ether oxygens (including phenoxy) is 1. The third kappa shape index (κ3) is 2.47. The van der Waals surface area contributed by atoms with Crippen molar-refractivity contribution >= 4 is 16.9 Å². The van der Waals surface area contributed by atoms with Crippen LogP contribution < -0.4 is 4.74 Å². The quantitative estimate of drug-likeness (QED) is 0.789. The molecular formula is C10H5F3N2O3. The minimum atomic E-state index is -5.11. The van der Waals surface area contributed by atoms with E-state index in [-0.39, 0.29) is 11.3 Å². The molecule has 94 valence electrons. The van der Waals surface area contributed by atoms with Crippen LogP contribution in [0.2, 0.25) is 0 Å². The summed E-state index contributed by atoms with van der Waals surface area (Å²) in [6, 6.07) is 3.32. The van der Waals surface area contributed by atoms with E-state index in [9.17, 15) is 23.1 Å². The number of esters is 1. The van der Waals surface area contributed by atoms with E-state index in [0.717, 1.165) is 0 Å². The Labute approximate surface area is 97.8 Å². The molecule has 0 bridgehead atoms. The Morgan fingerprint density at radius 1 is 1.33 bits per heavy atom. The average Bonchev–Trinajstić information content (AvgIpc) is 2.27. The molecule has 0 saturated heterocycles. The van der Waals surface area contributed by atoms with Crippen molar-refractivity contribution in [1.82, 2.24) is 9.97 Å². The van der Waals surface area contributed by atoms with E-state index < -0.39 is 18.2 Å². The minimum absolute atomic E-state index is 0.116. The summed E-state index contributed by atoms with van der Waals surface area (Å²) in [7, 11) is 0. The van der Waals surface area contributed by atoms with Gasteiger partial charge in [-0.25, -0.2) is 9.78 Å². The molecule has 0 aliphatic carbocycles. The number of alkyl halides is 3. The van der Waals surface area contributed by atoms with Gasteiger partial charge in [0.1, 0.15) is 5.75 Å². The number of phenols is 1. The third-order valence-electron chi connectivity index (χ3n) is 1.96.